The van der Waals surface area contributed by atoms with Crippen LogP contribution >= 0.6 is 0 Å². The summed E-state index contributed by atoms with van der Waals surface area (Å²) in [5.74, 6) is 0.532. The van der Waals surface area contributed by atoms with Gasteiger partial charge in [0.25, 0.3) is 5.91 Å². The zero-order chi connectivity index (χ0) is 20.2. The highest BCUT2D eigenvalue weighted by atomic mass is 16.5. The molecule has 12 nitrogen and oxygen atoms in total. The quantitative estimate of drug-likeness (QED) is 0.607. The van der Waals surface area contributed by atoms with Crippen molar-refractivity contribution < 1.29 is 14.3 Å². The molecule has 2 saturated heterocycles. The molecule has 29 heavy (non-hydrogen) atoms. The smallest absolute Gasteiger partial charge is 0.253 e. The first-order valence-electron chi connectivity index (χ1n) is 9.76. The molecule has 2 fully saturated rings. The summed E-state index contributed by atoms with van der Waals surface area (Å²) in [6.45, 7) is 4.38. The van der Waals surface area contributed by atoms with Crippen molar-refractivity contribution in [1.29, 1.82) is 0 Å². The molecule has 2 aromatic heterocycles. The number of ether oxygens (including phenoxy) is 1. The normalized spacial score (nSPS) is 22.5. The van der Waals surface area contributed by atoms with Gasteiger partial charge in [0.15, 0.2) is 11.5 Å². The predicted molar refractivity (Wildman–Crippen MR) is 102 cm³/mol. The number of nitrogens with one attached hydrogen (secondary N) is 1. The fourth-order valence-electron chi connectivity index (χ4n) is 3.51. The zero-order valence-corrected chi connectivity index (χ0v) is 16.4. The molecule has 1 atom stereocenters. The Morgan fingerprint density at radius 2 is 2.10 bits per heavy atom. The van der Waals surface area contributed by atoms with Crippen molar-refractivity contribution in [2.24, 2.45) is 0 Å². The number of hydrogen-bond donors (Lipinski definition) is 1. The number of carbonyl (C=O) groups excluding carboxylic acids is 2. The van der Waals surface area contributed by atoms with Gasteiger partial charge in [0.1, 0.15) is 6.10 Å². The van der Waals surface area contributed by atoms with Crippen molar-refractivity contribution in [2.75, 3.05) is 64.4 Å². The second-order valence-corrected chi connectivity index (χ2v) is 7.25. The third-order valence-corrected chi connectivity index (χ3v) is 5.19. The van der Waals surface area contributed by atoms with Crippen LogP contribution in [0.15, 0.2) is 12.1 Å². The van der Waals surface area contributed by atoms with Crippen LogP contribution in [0.5, 0.6) is 0 Å². The van der Waals surface area contributed by atoms with Crippen molar-refractivity contribution in [3.63, 3.8) is 0 Å². The summed E-state index contributed by atoms with van der Waals surface area (Å²) in [6, 6.07) is 3.62. The van der Waals surface area contributed by atoms with E-state index in [1.54, 1.807) is 11.0 Å². The number of aromatic nitrogens is 5. The number of tetrazole rings is 1. The van der Waals surface area contributed by atoms with Crippen LogP contribution in [0.3, 0.4) is 0 Å². The molecular weight excluding hydrogens is 378 g/mol. The Kier molecular flexibility index (Phi) is 5.81. The summed E-state index contributed by atoms with van der Waals surface area (Å²) in [5.41, 5.74) is 0.554. The molecule has 0 bridgehead atoms. The predicted octanol–water partition coefficient (Wildman–Crippen LogP) is -2.00. The van der Waals surface area contributed by atoms with Crippen molar-refractivity contribution in [3.8, 4) is 0 Å². The van der Waals surface area contributed by atoms with E-state index in [-0.39, 0.29) is 18.2 Å². The molecule has 12 heteroatoms. The Hall–Kier alpha value is -2.86. The third-order valence-electron chi connectivity index (χ3n) is 5.19. The minimum Gasteiger partial charge on any atom is -0.366 e. The average molecular weight is 403 g/mol. The van der Waals surface area contributed by atoms with Gasteiger partial charge < -0.3 is 24.8 Å². The number of morpholine rings is 1. The maximum Gasteiger partial charge on any atom is 0.253 e. The van der Waals surface area contributed by atoms with Crippen LogP contribution in [0, 0.1) is 0 Å². The van der Waals surface area contributed by atoms with Crippen LogP contribution < -0.4 is 10.2 Å². The van der Waals surface area contributed by atoms with Gasteiger partial charge in [-0.05, 0) is 29.6 Å². The molecule has 0 radical (unpaired) electrons. The maximum absolute atomic E-state index is 13.0. The molecule has 0 saturated carbocycles. The molecule has 4 rings (SSSR count). The molecule has 0 aliphatic carbocycles. The lowest BCUT2D eigenvalue weighted by atomic mass is 10.2. The van der Waals surface area contributed by atoms with Crippen molar-refractivity contribution in [3.05, 3.63) is 12.1 Å². The first-order valence-corrected chi connectivity index (χ1v) is 9.76. The van der Waals surface area contributed by atoms with E-state index in [2.05, 4.69) is 30.8 Å². The van der Waals surface area contributed by atoms with Gasteiger partial charge in [-0.1, -0.05) is 0 Å². The van der Waals surface area contributed by atoms with Crippen molar-refractivity contribution >= 4 is 23.3 Å². The number of anilines is 1. The van der Waals surface area contributed by atoms with Crippen LogP contribution in [0.4, 0.5) is 5.82 Å². The fourth-order valence-corrected chi connectivity index (χ4v) is 3.51. The van der Waals surface area contributed by atoms with E-state index in [1.165, 1.54) is 4.63 Å². The summed E-state index contributed by atoms with van der Waals surface area (Å²) in [4.78, 5) is 31.0. The lowest BCUT2D eigenvalue weighted by Crippen LogP contribution is -2.52. The first kappa shape index (κ1) is 19.5. The van der Waals surface area contributed by atoms with Crippen LogP contribution in [0.25, 0.3) is 5.65 Å². The third kappa shape index (κ3) is 4.59. The lowest BCUT2D eigenvalue weighted by Gasteiger charge is -2.35. The zero-order valence-electron chi connectivity index (χ0n) is 16.4. The summed E-state index contributed by atoms with van der Waals surface area (Å²) in [7, 11) is 1.97. The van der Waals surface area contributed by atoms with E-state index in [0.29, 0.717) is 57.3 Å². The number of fused-ring (bicyclic) bond motifs is 1. The van der Waals surface area contributed by atoms with Crippen LogP contribution in [0.2, 0.25) is 0 Å². The molecular formula is C17H25N9O3. The molecule has 0 spiro atoms. The Morgan fingerprint density at radius 1 is 1.21 bits per heavy atom. The van der Waals surface area contributed by atoms with E-state index in [1.807, 2.05) is 18.0 Å². The first-order chi connectivity index (χ1) is 14.1. The van der Waals surface area contributed by atoms with E-state index in [4.69, 9.17) is 4.74 Å². The lowest BCUT2D eigenvalue weighted by molar-refractivity contribution is -0.149. The molecule has 2 aliphatic heterocycles. The number of likely N-dealkylation sites (N-methyl/N-ethyl adjacent to an activating group) is 1. The highest BCUT2D eigenvalue weighted by Gasteiger charge is 2.30. The summed E-state index contributed by atoms with van der Waals surface area (Å²) < 4.78 is 7.05. The standard InChI is InChI=1S/C17H25N9O3/c1-23-10-11-29-13(12-23)17(28)25-6-4-16(27)18-5-7-24(8-9-25)15-3-2-14-19-21-22-26(14)20-15/h2-3,13H,4-12H2,1H3,(H,18,27). The Bertz CT molecular complexity index is 873. The summed E-state index contributed by atoms with van der Waals surface area (Å²) in [6.07, 6.45) is -0.216. The van der Waals surface area contributed by atoms with Crippen LogP contribution in [-0.4, -0.2) is 112 Å². The monoisotopic (exact) mass is 403 g/mol. The fraction of sp³-hybridized carbons (Fsp3) is 0.647. The molecule has 2 aromatic rings. The maximum atomic E-state index is 13.0. The van der Waals surface area contributed by atoms with Gasteiger partial charge in [0.2, 0.25) is 5.91 Å². The number of carbonyl (C=O) groups is 2. The van der Waals surface area contributed by atoms with Crippen LogP contribution in [-0.2, 0) is 14.3 Å². The Labute approximate surface area is 167 Å². The second kappa shape index (κ2) is 8.66. The van der Waals surface area contributed by atoms with E-state index in [9.17, 15) is 9.59 Å². The number of hydrogen-bond acceptors (Lipinski definition) is 9. The Balaban J connectivity index is 1.50. The molecule has 1 N–H and O–H groups in total. The largest absolute Gasteiger partial charge is 0.366 e. The molecule has 156 valence electrons. The minimum atomic E-state index is -0.496. The molecule has 4 heterocycles. The van der Waals surface area contributed by atoms with Crippen molar-refractivity contribution in [2.45, 2.75) is 12.5 Å². The minimum absolute atomic E-state index is 0.0739. The SMILES string of the molecule is CN1CCOC(C(=O)N2CCC(=O)NCCN(c3ccc4nnnn4n3)CC2)C1. The van der Waals surface area contributed by atoms with Gasteiger partial charge >= 0.3 is 0 Å². The van der Waals surface area contributed by atoms with Crippen molar-refractivity contribution in [1.82, 2.24) is 40.4 Å². The number of rotatable bonds is 2. The molecule has 0 aromatic carbocycles. The van der Waals surface area contributed by atoms with Gasteiger partial charge in [-0.15, -0.1) is 14.8 Å². The van der Waals surface area contributed by atoms with E-state index in [0.717, 1.165) is 6.54 Å². The van der Waals surface area contributed by atoms with Gasteiger partial charge in [-0.2, -0.15) is 0 Å². The second-order valence-electron chi connectivity index (χ2n) is 7.25. The van der Waals surface area contributed by atoms with E-state index < -0.39 is 6.10 Å². The van der Waals surface area contributed by atoms with E-state index >= 15 is 0 Å². The van der Waals surface area contributed by atoms with Crippen LogP contribution in [0.1, 0.15) is 6.42 Å². The molecule has 2 amide bonds. The topological polar surface area (TPSA) is 121 Å². The Morgan fingerprint density at radius 3 is 2.97 bits per heavy atom. The van der Waals surface area contributed by atoms with Gasteiger partial charge in [0.05, 0.1) is 6.61 Å². The molecule has 1 unspecified atom stereocenters. The number of nitrogens with zero attached hydrogens (tertiary/aromatic N) is 8. The van der Waals surface area contributed by atoms with Gasteiger partial charge in [-0.3, -0.25) is 9.59 Å². The number of amides is 2. The van der Waals surface area contributed by atoms with Gasteiger partial charge in [0, 0.05) is 52.2 Å². The highest BCUT2D eigenvalue weighted by Crippen LogP contribution is 2.13. The summed E-state index contributed by atoms with van der Waals surface area (Å²) in [5, 5.41) is 18.6. The highest BCUT2D eigenvalue weighted by molar-refractivity contribution is 5.82. The summed E-state index contributed by atoms with van der Waals surface area (Å²) >= 11 is 0. The molecule has 2 aliphatic rings. The average Bonchev–Trinajstić information content (AvgIpc) is 3.20. The van der Waals surface area contributed by atoms with Gasteiger partial charge in [-0.25, -0.2) is 0 Å².